The molecule has 0 amide bonds. The van der Waals surface area contributed by atoms with E-state index in [2.05, 4.69) is 34.3 Å². The lowest BCUT2D eigenvalue weighted by Gasteiger charge is -2.13. The lowest BCUT2D eigenvalue weighted by atomic mass is 10.1. The molecule has 1 aromatic heterocycles. The van der Waals surface area contributed by atoms with E-state index >= 15 is 0 Å². The molecular formula is C17H19N3O. The summed E-state index contributed by atoms with van der Waals surface area (Å²) >= 11 is 0. The Kier molecular flexibility index (Phi) is 3.94. The SMILES string of the molecule is COc1ccc(C#N)cc1Cn1cccc1CNC1CC1. The van der Waals surface area contributed by atoms with Crippen LogP contribution in [0.3, 0.4) is 0 Å². The van der Waals surface area contributed by atoms with Crippen LogP contribution in [-0.2, 0) is 13.1 Å². The molecule has 3 rings (SSSR count). The highest BCUT2D eigenvalue weighted by molar-refractivity contribution is 5.42. The first-order chi connectivity index (χ1) is 10.3. The van der Waals surface area contributed by atoms with Gasteiger partial charge in [-0.15, -0.1) is 0 Å². The summed E-state index contributed by atoms with van der Waals surface area (Å²) in [5, 5.41) is 12.6. The first-order valence-corrected chi connectivity index (χ1v) is 7.24. The minimum Gasteiger partial charge on any atom is -0.496 e. The lowest BCUT2D eigenvalue weighted by Crippen LogP contribution is -2.18. The van der Waals surface area contributed by atoms with Crippen LogP contribution < -0.4 is 10.1 Å². The van der Waals surface area contributed by atoms with Crippen LogP contribution in [0.2, 0.25) is 0 Å². The van der Waals surface area contributed by atoms with Crippen LogP contribution in [0.15, 0.2) is 36.5 Å². The molecule has 1 saturated carbocycles. The molecule has 4 heteroatoms. The second-order valence-corrected chi connectivity index (χ2v) is 5.42. The summed E-state index contributed by atoms with van der Waals surface area (Å²) in [6.45, 7) is 1.60. The summed E-state index contributed by atoms with van der Waals surface area (Å²) in [5.74, 6) is 0.823. The van der Waals surface area contributed by atoms with Crippen molar-refractivity contribution in [1.29, 1.82) is 5.26 Å². The summed E-state index contributed by atoms with van der Waals surface area (Å²) in [4.78, 5) is 0. The van der Waals surface area contributed by atoms with E-state index in [1.54, 1.807) is 13.2 Å². The van der Waals surface area contributed by atoms with E-state index in [0.717, 1.165) is 17.9 Å². The molecule has 0 aliphatic heterocycles. The zero-order valence-corrected chi connectivity index (χ0v) is 12.2. The number of methoxy groups -OCH3 is 1. The Morgan fingerprint density at radius 1 is 1.38 bits per heavy atom. The fourth-order valence-corrected chi connectivity index (χ4v) is 2.46. The van der Waals surface area contributed by atoms with Crippen molar-refractivity contribution in [3.8, 4) is 11.8 Å². The third-order valence-corrected chi connectivity index (χ3v) is 3.82. The molecule has 4 nitrogen and oxygen atoms in total. The fraction of sp³-hybridized carbons (Fsp3) is 0.353. The summed E-state index contributed by atoms with van der Waals surface area (Å²) in [6.07, 6.45) is 4.65. The van der Waals surface area contributed by atoms with Crippen molar-refractivity contribution in [2.24, 2.45) is 0 Å². The van der Waals surface area contributed by atoms with Gasteiger partial charge in [0.05, 0.1) is 25.3 Å². The van der Waals surface area contributed by atoms with Crippen LogP contribution in [0, 0.1) is 11.3 Å². The Labute approximate surface area is 125 Å². The van der Waals surface area contributed by atoms with Crippen molar-refractivity contribution in [1.82, 2.24) is 9.88 Å². The van der Waals surface area contributed by atoms with Gasteiger partial charge in [0, 0.05) is 30.0 Å². The lowest BCUT2D eigenvalue weighted by molar-refractivity contribution is 0.408. The molecular weight excluding hydrogens is 262 g/mol. The molecule has 21 heavy (non-hydrogen) atoms. The highest BCUT2D eigenvalue weighted by Crippen LogP contribution is 2.22. The van der Waals surface area contributed by atoms with Crippen molar-refractivity contribution < 1.29 is 4.74 Å². The second kappa shape index (κ2) is 6.02. The molecule has 1 aliphatic carbocycles. The molecule has 0 spiro atoms. The Morgan fingerprint density at radius 3 is 2.95 bits per heavy atom. The first kappa shape index (κ1) is 13.7. The third-order valence-electron chi connectivity index (χ3n) is 3.82. The number of ether oxygens (including phenoxy) is 1. The molecule has 0 saturated heterocycles. The summed E-state index contributed by atoms with van der Waals surface area (Å²) in [7, 11) is 1.66. The van der Waals surface area contributed by atoms with Gasteiger partial charge in [0.15, 0.2) is 0 Å². The maximum absolute atomic E-state index is 9.05. The minimum atomic E-state index is 0.663. The van der Waals surface area contributed by atoms with Crippen molar-refractivity contribution >= 4 is 0 Å². The maximum atomic E-state index is 9.05. The molecule has 1 aliphatic rings. The number of hydrogen-bond acceptors (Lipinski definition) is 3. The number of benzene rings is 1. The average Bonchev–Trinajstić information content (AvgIpc) is 3.25. The molecule has 0 atom stereocenters. The normalized spacial score (nSPS) is 13.9. The number of rotatable bonds is 6. The second-order valence-electron chi connectivity index (χ2n) is 5.42. The Balaban J connectivity index is 1.79. The quantitative estimate of drug-likeness (QED) is 0.885. The van der Waals surface area contributed by atoms with Gasteiger partial charge >= 0.3 is 0 Å². The van der Waals surface area contributed by atoms with Gasteiger partial charge in [-0.25, -0.2) is 0 Å². The Hall–Kier alpha value is -2.25. The van der Waals surface area contributed by atoms with E-state index in [4.69, 9.17) is 10.00 Å². The topological polar surface area (TPSA) is 50.0 Å². The number of aromatic nitrogens is 1. The molecule has 0 bridgehead atoms. The fourth-order valence-electron chi connectivity index (χ4n) is 2.46. The van der Waals surface area contributed by atoms with Crippen molar-refractivity contribution in [3.05, 3.63) is 53.3 Å². The molecule has 2 aromatic rings. The predicted octanol–water partition coefficient (Wildman–Crippen LogP) is 2.67. The van der Waals surface area contributed by atoms with Gasteiger partial charge in [0.25, 0.3) is 0 Å². The number of nitriles is 1. The number of nitrogens with zero attached hydrogens (tertiary/aromatic N) is 2. The Morgan fingerprint density at radius 2 is 2.24 bits per heavy atom. The van der Waals surface area contributed by atoms with Gasteiger partial charge in [-0.3, -0.25) is 0 Å². The molecule has 0 unspecified atom stereocenters. The van der Waals surface area contributed by atoms with E-state index in [9.17, 15) is 0 Å². The summed E-state index contributed by atoms with van der Waals surface area (Å²) < 4.78 is 7.61. The van der Waals surface area contributed by atoms with Gasteiger partial charge in [0.2, 0.25) is 0 Å². The van der Waals surface area contributed by atoms with Gasteiger partial charge in [0.1, 0.15) is 5.75 Å². The van der Waals surface area contributed by atoms with Crippen molar-refractivity contribution in [2.75, 3.05) is 7.11 Å². The van der Waals surface area contributed by atoms with E-state index in [0.29, 0.717) is 18.2 Å². The van der Waals surface area contributed by atoms with Crippen molar-refractivity contribution in [3.63, 3.8) is 0 Å². The molecule has 0 radical (unpaired) electrons. The van der Waals surface area contributed by atoms with E-state index < -0.39 is 0 Å². The third kappa shape index (κ3) is 3.26. The minimum absolute atomic E-state index is 0.663. The molecule has 108 valence electrons. The van der Waals surface area contributed by atoms with E-state index in [-0.39, 0.29) is 0 Å². The van der Waals surface area contributed by atoms with Crippen LogP contribution >= 0.6 is 0 Å². The maximum Gasteiger partial charge on any atom is 0.123 e. The first-order valence-electron chi connectivity index (χ1n) is 7.24. The Bertz CT molecular complexity index is 665. The van der Waals surface area contributed by atoms with Gasteiger partial charge in [-0.1, -0.05) is 0 Å². The van der Waals surface area contributed by atoms with Gasteiger partial charge < -0.3 is 14.6 Å². The molecule has 1 aromatic carbocycles. The number of nitrogens with one attached hydrogen (secondary N) is 1. The molecule has 1 heterocycles. The highest BCUT2D eigenvalue weighted by atomic mass is 16.5. The predicted molar refractivity (Wildman–Crippen MR) is 81.1 cm³/mol. The van der Waals surface area contributed by atoms with Crippen LogP contribution in [-0.4, -0.2) is 17.7 Å². The van der Waals surface area contributed by atoms with E-state index in [1.807, 2.05) is 12.1 Å². The van der Waals surface area contributed by atoms with Crippen LogP contribution in [0.4, 0.5) is 0 Å². The molecule has 1 N–H and O–H groups in total. The van der Waals surface area contributed by atoms with Gasteiger partial charge in [-0.05, 0) is 43.2 Å². The largest absolute Gasteiger partial charge is 0.496 e. The summed E-state index contributed by atoms with van der Waals surface area (Å²) in [6, 6.07) is 12.6. The van der Waals surface area contributed by atoms with Gasteiger partial charge in [-0.2, -0.15) is 5.26 Å². The number of hydrogen-bond donors (Lipinski definition) is 1. The average molecular weight is 281 g/mol. The van der Waals surface area contributed by atoms with Crippen LogP contribution in [0.25, 0.3) is 0 Å². The standard InChI is InChI=1S/C17H19N3O/c1-21-17-7-4-13(10-18)9-14(17)12-20-8-2-3-16(20)11-19-15-5-6-15/h2-4,7-9,15,19H,5-6,11-12H2,1H3. The van der Waals surface area contributed by atoms with Crippen LogP contribution in [0.1, 0.15) is 29.7 Å². The smallest absolute Gasteiger partial charge is 0.123 e. The molecule has 1 fully saturated rings. The van der Waals surface area contributed by atoms with E-state index in [1.165, 1.54) is 18.5 Å². The zero-order valence-electron chi connectivity index (χ0n) is 12.2. The van der Waals surface area contributed by atoms with Crippen molar-refractivity contribution in [2.45, 2.75) is 32.0 Å². The summed E-state index contributed by atoms with van der Waals surface area (Å²) in [5.41, 5.74) is 2.95. The highest BCUT2D eigenvalue weighted by Gasteiger charge is 2.20. The van der Waals surface area contributed by atoms with Crippen LogP contribution in [0.5, 0.6) is 5.75 Å². The zero-order chi connectivity index (χ0) is 14.7. The monoisotopic (exact) mass is 281 g/mol.